The van der Waals surface area contributed by atoms with Gasteiger partial charge in [-0.2, -0.15) is 5.10 Å². The predicted molar refractivity (Wildman–Crippen MR) is 72.6 cm³/mol. The second-order valence-electron chi connectivity index (χ2n) is 3.92. The van der Waals surface area contributed by atoms with Crippen molar-refractivity contribution in [2.75, 3.05) is 6.54 Å². The first-order valence-corrected chi connectivity index (χ1v) is 6.19. The molecule has 0 aliphatic rings. The second kappa shape index (κ2) is 5.81. The number of rotatable bonds is 5. The highest BCUT2D eigenvalue weighted by Crippen LogP contribution is 2.26. The molecule has 2 aromatic rings. The fourth-order valence-electron chi connectivity index (χ4n) is 1.64. The summed E-state index contributed by atoms with van der Waals surface area (Å²) in [5.74, 6) is 0. The molecular weight excluding hydrogens is 268 g/mol. The lowest BCUT2D eigenvalue weighted by Gasteiger charge is -2.02. The maximum atomic E-state index is 10.8. The summed E-state index contributed by atoms with van der Waals surface area (Å²) in [6, 6.07) is 6.47. The standard InChI is InChI=1S/C12H13ClN4O2/c1-2-14-8-9-5-6-16(15-9)10-3-4-11(13)12(7-10)17(18)19/h3-7,14H,2,8H2,1H3. The van der Waals surface area contributed by atoms with Crippen LogP contribution < -0.4 is 5.32 Å². The van der Waals surface area contributed by atoms with Gasteiger partial charge < -0.3 is 5.32 Å². The number of nitro benzene ring substituents is 1. The number of nitrogens with zero attached hydrogens (tertiary/aromatic N) is 3. The Bertz CT molecular complexity index is 597. The Kier molecular flexibility index (Phi) is 4.13. The van der Waals surface area contributed by atoms with Crippen molar-refractivity contribution >= 4 is 17.3 Å². The van der Waals surface area contributed by atoms with Crippen LogP contribution >= 0.6 is 11.6 Å². The van der Waals surface area contributed by atoms with Gasteiger partial charge >= 0.3 is 0 Å². The van der Waals surface area contributed by atoms with Gasteiger partial charge in [-0.1, -0.05) is 18.5 Å². The van der Waals surface area contributed by atoms with E-state index in [-0.39, 0.29) is 10.7 Å². The lowest BCUT2D eigenvalue weighted by Crippen LogP contribution is -2.12. The van der Waals surface area contributed by atoms with Crippen LogP contribution in [0.2, 0.25) is 5.02 Å². The third kappa shape index (κ3) is 3.10. The SMILES string of the molecule is CCNCc1ccn(-c2ccc(Cl)c([N+](=O)[O-])c2)n1. The monoisotopic (exact) mass is 280 g/mol. The average molecular weight is 281 g/mol. The Labute approximate surface area is 115 Å². The van der Waals surface area contributed by atoms with Gasteiger partial charge in [-0.15, -0.1) is 0 Å². The maximum Gasteiger partial charge on any atom is 0.290 e. The molecule has 2 rings (SSSR count). The van der Waals surface area contributed by atoms with E-state index in [2.05, 4.69) is 10.4 Å². The molecule has 0 atom stereocenters. The first-order valence-electron chi connectivity index (χ1n) is 5.81. The van der Waals surface area contributed by atoms with Crippen molar-refractivity contribution in [2.24, 2.45) is 0 Å². The normalized spacial score (nSPS) is 10.6. The van der Waals surface area contributed by atoms with Crippen LogP contribution in [0.25, 0.3) is 5.69 Å². The van der Waals surface area contributed by atoms with Crippen molar-refractivity contribution in [3.05, 3.63) is 51.3 Å². The smallest absolute Gasteiger partial charge is 0.290 e. The summed E-state index contributed by atoms with van der Waals surface area (Å²) in [4.78, 5) is 10.3. The van der Waals surface area contributed by atoms with E-state index in [4.69, 9.17) is 11.6 Å². The average Bonchev–Trinajstić information content (AvgIpc) is 2.85. The van der Waals surface area contributed by atoms with Gasteiger partial charge in [0.1, 0.15) is 5.02 Å². The summed E-state index contributed by atoms with van der Waals surface area (Å²) in [5.41, 5.74) is 1.36. The third-order valence-corrected chi connectivity index (χ3v) is 2.91. The maximum absolute atomic E-state index is 10.8. The zero-order chi connectivity index (χ0) is 13.8. The van der Waals surface area contributed by atoms with Crippen LogP contribution in [0.15, 0.2) is 30.5 Å². The minimum atomic E-state index is -0.505. The minimum Gasteiger partial charge on any atom is -0.311 e. The second-order valence-corrected chi connectivity index (χ2v) is 4.33. The van der Waals surface area contributed by atoms with E-state index in [0.29, 0.717) is 12.2 Å². The highest BCUT2D eigenvalue weighted by molar-refractivity contribution is 6.32. The molecule has 0 bridgehead atoms. The molecule has 19 heavy (non-hydrogen) atoms. The summed E-state index contributed by atoms with van der Waals surface area (Å²) >= 11 is 5.77. The topological polar surface area (TPSA) is 73.0 Å². The van der Waals surface area contributed by atoms with Gasteiger partial charge in [0.15, 0.2) is 0 Å². The highest BCUT2D eigenvalue weighted by Gasteiger charge is 2.13. The molecule has 1 aromatic carbocycles. The van der Waals surface area contributed by atoms with E-state index in [0.717, 1.165) is 12.2 Å². The van der Waals surface area contributed by atoms with Crippen molar-refractivity contribution < 1.29 is 4.92 Å². The lowest BCUT2D eigenvalue weighted by molar-refractivity contribution is -0.384. The first kappa shape index (κ1) is 13.5. The number of halogens is 1. The van der Waals surface area contributed by atoms with Crippen LogP contribution in [0.4, 0.5) is 5.69 Å². The Morgan fingerprint density at radius 2 is 2.26 bits per heavy atom. The molecule has 0 saturated carbocycles. The number of benzene rings is 1. The Hall–Kier alpha value is -1.92. The molecule has 100 valence electrons. The summed E-state index contributed by atoms with van der Waals surface area (Å²) in [5, 5.41) is 18.5. The molecular formula is C12H13ClN4O2. The zero-order valence-electron chi connectivity index (χ0n) is 10.3. The molecule has 1 N–H and O–H groups in total. The fraction of sp³-hybridized carbons (Fsp3) is 0.250. The molecule has 0 saturated heterocycles. The van der Waals surface area contributed by atoms with Gasteiger partial charge in [-0.05, 0) is 24.7 Å². The number of hydrogen-bond acceptors (Lipinski definition) is 4. The van der Waals surface area contributed by atoms with E-state index in [1.165, 1.54) is 12.1 Å². The molecule has 0 spiro atoms. The van der Waals surface area contributed by atoms with E-state index in [1.54, 1.807) is 16.9 Å². The molecule has 1 aromatic heterocycles. The Balaban J connectivity index is 2.29. The van der Waals surface area contributed by atoms with E-state index >= 15 is 0 Å². The van der Waals surface area contributed by atoms with Gasteiger partial charge in [0.2, 0.25) is 0 Å². The van der Waals surface area contributed by atoms with Crippen LogP contribution in [0.1, 0.15) is 12.6 Å². The van der Waals surface area contributed by atoms with Gasteiger partial charge in [0.05, 0.1) is 16.3 Å². The van der Waals surface area contributed by atoms with Gasteiger partial charge in [-0.3, -0.25) is 10.1 Å². The molecule has 0 aliphatic carbocycles. The molecule has 7 heteroatoms. The van der Waals surface area contributed by atoms with Crippen LogP contribution in [0, 0.1) is 10.1 Å². The lowest BCUT2D eigenvalue weighted by atomic mass is 10.3. The summed E-state index contributed by atoms with van der Waals surface area (Å²) in [7, 11) is 0. The summed E-state index contributed by atoms with van der Waals surface area (Å²) in [6.07, 6.45) is 1.76. The summed E-state index contributed by atoms with van der Waals surface area (Å²) < 4.78 is 1.59. The number of nitrogens with one attached hydrogen (secondary N) is 1. The van der Waals surface area contributed by atoms with Crippen molar-refractivity contribution in [3.8, 4) is 5.69 Å². The Morgan fingerprint density at radius 3 is 2.95 bits per heavy atom. The summed E-state index contributed by atoms with van der Waals surface area (Å²) in [6.45, 7) is 3.54. The largest absolute Gasteiger partial charge is 0.311 e. The van der Waals surface area contributed by atoms with Crippen molar-refractivity contribution in [1.82, 2.24) is 15.1 Å². The minimum absolute atomic E-state index is 0.119. The van der Waals surface area contributed by atoms with Crippen LogP contribution in [0.5, 0.6) is 0 Å². The van der Waals surface area contributed by atoms with Gasteiger partial charge in [0, 0.05) is 18.8 Å². The third-order valence-electron chi connectivity index (χ3n) is 2.59. The molecule has 6 nitrogen and oxygen atoms in total. The number of nitro groups is 1. The van der Waals surface area contributed by atoms with Crippen LogP contribution in [-0.2, 0) is 6.54 Å². The highest BCUT2D eigenvalue weighted by atomic mass is 35.5. The molecule has 0 radical (unpaired) electrons. The number of hydrogen-bond donors (Lipinski definition) is 1. The quantitative estimate of drug-likeness (QED) is 0.675. The van der Waals surface area contributed by atoms with Crippen molar-refractivity contribution in [2.45, 2.75) is 13.5 Å². The number of aromatic nitrogens is 2. The zero-order valence-corrected chi connectivity index (χ0v) is 11.1. The molecule has 0 unspecified atom stereocenters. The van der Waals surface area contributed by atoms with Gasteiger partial charge in [-0.25, -0.2) is 4.68 Å². The van der Waals surface area contributed by atoms with Crippen LogP contribution in [0.3, 0.4) is 0 Å². The van der Waals surface area contributed by atoms with Gasteiger partial charge in [0.25, 0.3) is 5.69 Å². The molecule has 0 aliphatic heterocycles. The van der Waals surface area contributed by atoms with Crippen LogP contribution in [-0.4, -0.2) is 21.2 Å². The van der Waals surface area contributed by atoms with Crippen molar-refractivity contribution in [1.29, 1.82) is 0 Å². The van der Waals surface area contributed by atoms with Crippen molar-refractivity contribution in [3.63, 3.8) is 0 Å². The fourth-order valence-corrected chi connectivity index (χ4v) is 1.82. The molecule has 1 heterocycles. The molecule has 0 fully saturated rings. The van der Waals surface area contributed by atoms with E-state index < -0.39 is 4.92 Å². The van der Waals surface area contributed by atoms with E-state index in [9.17, 15) is 10.1 Å². The predicted octanol–water partition coefficient (Wildman–Crippen LogP) is 2.54. The van der Waals surface area contributed by atoms with E-state index in [1.807, 2.05) is 13.0 Å². The Morgan fingerprint density at radius 1 is 1.47 bits per heavy atom. The first-order chi connectivity index (χ1) is 9.11. The molecule has 0 amide bonds.